The molecule has 0 saturated carbocycles. The van der Waals surface area contributed by atoms with Crippen LogP contribution in [0.15, 0.2) is 91.0 Å². The number of anilines is 1. The predicted octanol–water partition coefficient (Wildman–Crippen LogP) is 5.29. The monoisotopic (exact) mass is 275 g/mol. The Morgan fingerprint density at radius 3 is 1.62 bits per heavy atom. The first-order chi connectivity index (χ1) is 10.3. The van der Waals surface area contributed by atoms with E-state index in [1.165, 1.54) is 11.1 Å². The van der Waals surface area contributed by atoms with Crippen molar-refractivity contribution in [3.05, 3.63) is 102 Å². The second kappa shape index (κ2) is 8.60. The van der Waals surface area contributed by atoms with Crippen molar-refractivity contribution in [2.45, 2.75) is 13.5 Å². The summed E-state index contributed by atoms with van der Waals surface area (Å²) in [6, 6.07) is 30.9. The van der Waals surface area contributed by atoms with Crippen molar-refractivity contribution in [3.63, 3.8) is 0 Å². The van der Waals surface area contributed by atoms with Crippen LogP contribution in [0.1, 0.15) is 11.1 Å². The van der Waals surface area contributed by atoms with Crippen molar-refractivity contribution in [3.8, 4) is 0 Å². The lowest BCUT2D eigenvalue weighted by molar-refractivity contribution is 1.14. The molecule has 106 valence electrons. The molecule has 0 unspecified atom stereocenters. The smallest absolute Gasteiger partial charge is 0.0400 e. The summed E-state index contributed by atoms with van der Waals surface area (Å²) in [6.07, 6.45) is 0. The van der Waals surface area contributed by atoms with Gasteiger partial charge in [0, 0.05) is 12.2 Å². The lowest BCUT2D eigenvalue weighted by Gasteiger charge is -2.06. The molecule has 0 aliphatic rings. The van der Waals surface area contributed by atoms with Crippen molar-refractivity contribution in [2.24, 2.45) is 0 Å². The summed E-state index contributed by atoms with van der Waals surface area (Å²) in [7, 11) is 0. The van der Waals surface area contributed by atoms with Gasteiger partial charge in [-0.1, -0.05) is 84.4 Å². The zero-order valence-corrected chi connectivity index (χ0v) is 12.4. The van der Waals surface area contributed by atoms with Gasteiger partial charge < -0.3 is 5.32 Å². The average molecular weight is 275 g/mol. The van der Waals surface area contributed by atoms with E-state index in [0.29, 0.717) is 0 Å². The summed E-state index contributed by atoms with van der Waals surface area (Å²) < 4.78 is 0. The van der Waals surface area contributed by atoms with Gasteiger partial charge in [0.15, 0.2) is 0 Å². The minimum atomic E-state index is 0.879. The molecule has 3 aromatic rings. The Balaban J connectivity index is 0.000000225. The topological polar surface area (TPSA) is 12.0 Å². The lowest BCUT2D eigenvalue weighted by atomic mass is 10.1. The number of hydrogen-bond acceptors (Lipinski definition) is 1. The van der Waals surface area contributed by atoms with Gasteiger partial charge in [0.05, 0.1) is 0 Å². The summed E-state index contributed by atoms with van der Waals surface area (Å²) in [6.45, 7) is 2.98. The number of hydrogen-bond donors (Lipinski definition) is 1. The molecule has 0 heterocycles. The van der Waals surface area contributed by atoms with Gasteiger partial charge in [0.1, 0.15) is 0 Å². The Bertz CT molecular complexity index is 574. The van der Waals surface area contributed by atoms with Crippen LogP contribution in [0.2, 0.25) is 0 Å². The van der Waals surface area contributed by atoms with E-state index in [0.717, 1.165) is 12.2 Å². The highest BCUT2D eigenvalue weighted by molar-refractivity contribution is 5.43. The molecule has 0 aromatic heterocycles. The van der Waals surface area contributed by atoms with Crippen molar-refractivity contribution >= 4 is 5.69 Å². The van der Waals surface area contributed by atoms with Gasteiger partial charge in [-0.15, -0.1) is 0 Å². The summed E-state index contributed by atoms with van der Waals surface area (Å²) in [5, 5.41) is 3.38. The van der Waals surface area contributed by atoms with E-state index in [9.17, 15) is 0 Å². The molecule has 21 heavy (non-hydrogen) atoms. The highest BCUT2D eigenvalue weighted by Gasteiger charge is 1.92. The normalized spacial score (nSPS) is 9.38. The van der Waals surface area contributed by atoms with Crippen LogP contribution in [0.5, 0.6) is 0 Å². The van der Waals surface area contributed by atoms with Gasteiger partial charge in [-0.25, -0.2) is 0 Å². The number of rotatable bonds is 3. The number of aryl methyl sites for hydroxylation is 1. The van der Waals surface area contributed by atoms with Crippen molar-refractivity contribution in [1.29, 1.82) is 0 Å². The Labute approximate surface area is 127 Å². The molecule has 1 N–H and O–H groups in total. The Kier molecular flexibility index (Phi) is 6.08. The van der Waals surface area contributed by atoms with Gasteiger partial charge >= 0.3 is 0 Å². The molecule has 0 bridgehead atoms. The molecule has 3 aromatic carbocycles. The number of nitrogens with one attached hydrogen (secondary N) is 1. The van der Waals surface area contributed by atoms with Crippen LogP contribution < -0.4 is 5.32 Å². The fraction of sp³-hybridized carbons (Fsp3) is 0.100. The zero-order valence-electron chi connectivity index (χ0n) is 12.4. The van der Waals surface area contributed by atoms with Crippen LogP contribution in [-0.4, -0.2) is 0 Å². The number of benzene rings is 3. The molecule has 0 saturated heterocycles. The SMILES string of the molecule is Cc1ccc(CNc2ccccc2)cc1.c1ccccc1. The summed E-state index contributed by atoms with van der Waals surface area (Å²) in [5.41, 5.74) is 3.78. The molecule has 1 heteroatoms. The minimum Gasteiger partial charge on any atom is -0.381 e. The van der Waals surface area contributed by atoms with Crippen molar-refractivity contribution in [1.82, 2.24) is 0 Å². The quantitative estimate of drug-likeness (QED) is 0.684. The summed E-state index contributed by atoms with van der Waals surface area (Å²) in [5.74, 6) is 0. The predicted molar refractivity (Wildman–Crippen MR) is 91.4 cm³/mol. The zero-order chi connectivity index (χ0) is 14.8. The van der Waals surface area contributed by atoms with Crippen LogP contribution >= 0.6 is 0 Å². The maximum atomic E-state index is 3.38. The van der Waals surface area contributed by atoms with E-state index in [2.05, 4.69) is 48.6 Å². The van der Waals surface area contributed by atoms with Crippen LogP contribution in [0, 0.1) is 6.92 Å². The Morgan fingerprint density at radius 2 is 1.10 bits per heavy atom. The molecule has 1 nitrogen and oxygen atoms in total. The summed E-state index contributed by atoms with van der Waals surface area (Å²) >= 11 is 0. The maximum Gasteiger partial charge on any atom is 0.0400 e. The molecule has 0 fully saturated rings. The van der Waals surface area contributed by atoms with E-state index in [1.54, 1.807) is 0 Å². The van der Waals surface area contributed by atoms with Crippen molar-refractivity contribution in [2.75, 3.05) is 5.32 Å². The highest BCUT2D eigenvalue weighted by atomic mass is 14.9. The summed E-state index contributed by atoms with van der Waals surface area (Å²) in [4.78, 5) is 0. The average Bonchev–Trinajstić information content (AvgIpc) is 2.57. The molecule has 3 rings (SSSR count). The van der Waals surface area contributed by atoms with E-state index in [1.807, 2.05) is 54.6 Å². The lowest BCUT2D eigenvalue weighted by Crippen LogP contribution is -1.98. The van der Waals surface area contributed by atoms with Gasteiger partial charge in [-0.3, -0.25) is 0 Å². The largest absolute Gasteiger partial charge is 0.381 e. The molecule has 0 spiro atoms. The molecule has 0 aliphatic heterocycles. The molecule has 0 atom stereocenters. The second-order valence-electron chi connectivity index (χ2n) is 4.86. The van der Waals surface area contributed by atoms with Crippen molar-refractivity contribution < 1.29 is 0 Å². The molecule has 0 aliphatic carbocycles. The Morgan fingerprint density at radius 1 is 0.619 bits per heavy atom. The van der Waals surface area contributed by atoms with Crippen LogP contribution in [-0.2, 0) is 6.54 Å². The standard InChI is InChI=1S/C14H15N.C6H6/c1-12-7-9-13(10-8-12)11-15-14-5-3-2-4-6-14;1-2-4-6-5-3-1/h2-10,15H,11H2,1H3;1-6H. The van der Waals surface area contributed by atoms with Crippen LogP contribution in [0.25, 0.3) is 0 Å². The molecular formula is C20H21N. The fourth-order valence-electron chi connectivity index (χ4n) is 1.85. The molecule has 0 radical (unpaired) electrons. The third kappa shape index (κ3) is 5.96. The third-order valence-electron chi connectivity index (χ3n) is 3.06. The minimum absolute atomic E-state index is 0.879. The van der Waals surface area contributed by atoms with Gasteiger partial charge in [0.2, 0.25) is 0 Å². The van der Waals surface area contributed by atoms with E-state index >= 15 is 0 Å². The first kappa shape index (κ1) is 14.9. The van der Waals surface area contributed by atoms with Gasteiger partial charge in [-0.2, -0.15) is 0 Å². The van der Waals surface area contributed by atoms with Gasteiger partial charge in [0.25, 0.3) is 0 Å². The third-order valence-corrected chi connectivity index (χ3v) is 3.06. The Hall–Kier alpha value is -2.54. The molecule has 0 amide bonds. The van der Waals surface area contributed by atoms with E-state index in [4.69, 9.17) is 0 Å². The maximum absolute atomic E-state index is 3.38. The molecular weight excluding hydrogens is 254 g/mol. The first-order valence-electron chi connectivity index (χ1n) is 7.19. The first-order valence-corrected chi connectivity index (χ1v) is 7.19. The van der Waals surface area contributed by atoms with Crippen LogP contribution in [0.3, 0.4) is 0 Å². The number of para-hydroxylation sites is 1. The highest BCUT2D eigenvalue weighted by Crippen LogP contribution is 2.09. The fourth-order valence-corrected chi connectivity index (χ4v) is 1.85. The van der Waals surface area contributed by atoms with E-state index < -0.39 is 0 Å². The van der Waals surface area contributed by atoms with Crippen LogP contribution in [0.4, 0.5) is 5.69 Å². The van der Waals surface area contributed by atoms with E-state index in [-0.39, 0.29) is 0 Å². The van der Waals surface area contributed by atoms with Gasteiger partial charge in [-0.05, 0) is 24.6 Å². The second-order valence-corrected chi connectivity index (χ2v) is 4.86.